The highest BCUT2D eigenvalue weighted by Gasteiger charge is 1.95. The number of aromatic hydroxyl groups is 1. The maximum Gasteiger partial charge on any atom is 0.119 e. The molecule has 2 aromatic rings. The van der Waals surface area contributed by atoms with Crippen molar-refractivity contribution in [3.63, 3.8) is 0 Å². The zero-order chi connectivity index (χ0) is 11.2. The van der Waals surface area contributed by atoms with Crippen LogP contribution in [0.2, 0.25) is 0 Å². The molecule has 0 fully saturated rings. The zero-order valence-corrected chi connectivity index (χ0v) is 8.84. The summed E-state index contributed by atoms with van der Waals surface area (Å²) in [6.07, 6.45) is 4.40. The van der Waals surface area contributed by atoms with Gasteiger partial charge in [0.05, 0.1) is 6.61 Å². The number of phenols is 1. The Kier molecular flexibility index (Phi) is 3.38. The molecule has 0 aliphatic heterocycles. The van der Waals surface area contributed by atoms with Gasteiger partial charge in [-0.3, -0.25) is 4.98 Å². The fourth-order valence-corrected chi connectivity index (χ4v) is 1.38. The number of aromatic nitrogens is 1. The quantitative estimate of drug-likeness (QED) is 0.851. The average Bonchev–Trinajstić information content (AvgIpc) is 2.33. The summed E-state index contributed by atoms with van der Waals surface area (Å²) in [5.74, 6) is 1.02. The number of hydrogen-bond acceptors (Lipinski definition) is 3. The van der Waals surface area contributed by atoms with Crippen molar-refractivity contribution < 1.29 is 9.84 Å². The Balaban J connectivity index is 1.82. The van der Waals surface area contributed by atoms with Crippen LogP contribution in [-0.2, 0) is 6.42 Å². The molecule has 2 rings (SSSR count). The van der Waals surface area contributed by atoms with Gasteiger partial charge in [-0.1, -0.05) is 0 Å². The molecule has 0 aliphatic carbocycles. The number of ether oxygens (including phenoxy) is 1. The van der Waals surface area contributed by atoms with Gasteiger partial charge < -0.3 is 9.84 Å². The maximum absolute atomic E-state index is 9.10. The molecule has 0 radical (unpaired) electrons. The maximum atomic E-state index is 9.10. The molecular weight excluding hydrogens is 202 g/mol. The summed E-state index contributed by atoms with van der Waals surface area (Å²) in [6.45, 7) is 0.620. The molecule has 1 heterocycles. The lowest BCUT2D eigenvalue weighted by Crippen LogP contribution is -2.01. The molecule has 1 aromatic heterocycles. The number of phenolic OH excluding ortho intramolecular Hbond substituents is 1. The molecule has 3 heteroatoms. The van der Waals surface area contributed by atoms with Crippen molar-refractivity contribution >= 4 is 0 Å². The van der Waals surface area contributed by atoms with E-state index in [2.05, 4.69) is 4.98 Å². The fraction of sp³-hybridized carbons (Fsp3) is 0.154. The molecule has 16 heavy (non-hydrogen) atoms. The van der Waals surface area contributed by atoms with Gasteiger partial charge in [-0.25, -0.2) is 0 Å². The van der Waals surface area contributed by atoms with Crippen molar-refractivity contribution in [1.82, 2.24) is 4.98 Å². The molecule has 0 atom stereocenters. The van der Waals surface area contributed by atoms with Crippen molar-refractivity contribution in [3.05, 3.63) is 54.4 Å². The molecule has 1 aromatic carbocycles. The first-order valence-corrected chi connectivity index (χ1v) is 5.15. The largest absolute Gasteiger partial charge is 0.508 e. The van der Waals surface area contributed by atoms with E-state index in [0.29, 0.717) is 6.61 Å². The lowest BCUT2D eigenvalue weighted by atomic mass is 10.2. The minimum absolute atomic E-state index is 0.251. The minimum Gasteiger partial charge on any atom is -0.508 e. The SMILES string of the molecule is Oc1ccc(OCCc2ccncc2)cc1. The van der Waals surface area contributed by atoms with Crippen molar-refractivity contribution in [2.75, 3.05) is 6.61 Å². The second kappa shape index (κ2) is 5.16. The van der Waals surface area contributed by atoms with Crippen LogP contribution in [0.25, 0.3) is 0 Å². The Morgan fingerprint density at radius 3 is 2.38 bits per heavy atom. The van der Waals surface area contributed by atoms with Gasteiger partial charge in [0.2, 0.25) is 0 Å². The number of pyridine rings is 1. The van der Waals surface area contributed by atoms with Gasteiger partial charge in [0, 0.05) is 18.8 Å². The highest BCUT2D eigenvalue weighted by atomic mass is 16.5. The molecule has 0 saturated heterocycles. The van der Waals surface area contributed by atoms with Crippen LogP contribution >= 0.6 is 0 Å². The van der Waals surface area contributed by atoms with E-state index >= 15 is 0 Å². The summed E-state index contributed by atoms with van der Waals surface area (Å²) < 4.78 is 5.53. The lowest BCUT2D eigenvalue weighted by molar-refractivity contribution is 0.321. The van der Waals surface area contributed by atoms with Crippen LogP contribution in [0, 0.1) is 0 Å². The lowest BCUT2D eigenvalue weighted by Gasteiger charge is -2.05. The summed E-state index contributed by atoms with van der Waals surface area (Å²) in [6, 6.07) is 10.7. The van der Waals surface area contributed by atoms with Crippen LogP contribution < -0.4 is 4.74 Å². The van der Waals surface area contributed by atoms with E-state index in [9.17, 15) is 0 Å². The highest BCUT2D eigenvalue weighted by Crippen LogP contribution is 2.15. The topological polar surface area (TPSA) is 42.4 Å². The van der Waals surface area contributed by atoms with Gasteiger partial charge in [-0.15, -0.1) is 0 Å². The third kappa shape index (κ3) is 2.98. The second-order valence-corrected chi connectivity index (χ2v) is 3.45. The summed E-state index contributed by atoms with van der Waals surface area (Å²) in [5, 5.41) is 9.10. The van der Waals surface area contributed by atoms with Crippen LogP contribution in [0.1, 0.15) is 5.56 Å². The van der Waals surface area contributed by atoms with Gasteiger partial charge in [-0.2, -0.15) is 0 Å². The second-order valence-electron chi connectivity index (χ2n) is 3.45. The first-order valence-electron chi connectivity index (χ1n) is 5.15. The predicted molar refractivity (Wildman–Crippen MR) is 61.5 cm³/mol. The van der Waals surface area contributed by atoms with E-state index in [1.54, 1.807) is 36.7 Å². The average molecular weight is 215 g/mol. The van der Waals surface area contributed by atoms with Gasteiger partial charge in [-0.05, 0) is 42.0 Å². The van der Waals surface area contributed by atoms with E-state index in [1.165, 1.54) is 5.56 Å². The number of benzene rings is 1. The van der Waals surface area contributed by atoms with Crippen LogP contribution in [0.4, 0.5) is 0 Å². The number of nitrogens with zero attached hydrogens (tertiary/aromatic N) is 1. The Bertz CT molecular complexity index is 425. The smallest absolute Gasteiger partial charge is 0.119 e. The molecule has 0 unspecified atom stereocenters. The number of hydrogen-bond donors (Lipinski definition) is 1. The first kappa shape index (κ1) is 10.5. The molecule has 0 saturated carbocycles. The molecule has 0 bridgehead atoms. The Morgan fingerprint density at radius 2 is 1.69 bits per heavy atom. The Hall–Kier alpha value is -2.03. The Labute approximate surface area is 94.3 Å². The van der Waals surface area contributed by atoms with Gasteiger partial charge in [0.1, 0.15) is 11.5 Å². The minimum atomic E-state index is 0.251. The third-order valence-corrected chi connectivity index (χ3v) is 2.25. The van der Waals surface area contributed by atoms with E-state index in [4.69, 9.17) is 9.84 Å². The van der Waals surface area contributed by atoms with Crippen LogP contribution in [0.5, 0.6) is 11.5 Å². The van der Waals surface area contributed by atoms with Crippen molar-refractivity contribution in [2.24, 2.45) is 0 Å². The van der Waals surface area contributed by atoms with Crippen molar-refractivity contribution in [3.8, 4) is 11.5 Å². The first-order chi connectivity index (χ1) is 7.84. The molecule has 0 amide bonds. The van der Waals surface area contributed by atoms with Crippen LogP contribution in [0.3, 0.4) is 0 Å². The standard InChI is InChI=1S/C13H13NO2/c15-12-1-3-13(4-2-12)16-10-7-11-5-8-14-9-6-11/h1-6,8-9,15H,7,10H2. The molecule has 0 aliphatic rings. The normalized spacial score (nSPS) is 10.0. The fourth-order valence-electron chi connectivity index (χ4n) is 1.38. The van der Waals surface area contributed by atoms with Crippen LogP contribution in [-0.4, -0.2) is 16.7 Å². The van der Waals surface area contributed by atoms with Gasteiger partial charge >= 0.3 is 0 Å². The monoisotopic (exact) mass is 215 g/mol. The van der Waals surface area contributed by atoms with Gasteiger partial charge in [0.15, 0.2) is 0 Å². The molecule has 82 valence electrons. The summed E-state index contributed by atoms with van der Waals surface area (Å²) in [4.78, 5) is 3.95. The summed E-state index contributed by atoms with van der Waals surface area (Å²) in [7, 11) is 0. The molecule has 1 N–H and O–H groups in total. The van der Waals surface area contributed by atoms with E-state index < -0.39 is 0 Å². The molecular formula is C13H13NO2. The predicted octanol–water partition coefficient (Wildman–Crippen LogP) is 2.41. The van der Waals surface area contributed by atoms with Crippen LogP contribution in [0.15, 0.2) is 48.8 Å². The molecule has 3 nitrogen and oxygen atoms in total. The van der Waals surface area contributed by atoms with Gasteiger partial charge in [0.25, 0.3) is 0 Å². The van der Waals surface area contributed by atoms with Crippen molar-refractivity contribution in [1.29, 1.82) is 0 Å². The highest BCUT2D eigenvalue weighted by molar-refractivity contribution is 5.30. The third-order valence-electron chi connectivity index (χ3n) is 2.25. The Morgan fingerprint density at radius 1 is 1.00 bits per heavy atom. The van der Waals surface area contributed by atoms with E-state index in [-0.39, 0.29) is 5.75 Å². The van der Waals surface area contributed by atoms with E-state index in [0.717, 1.165) is 12.2 Å². The summed E-state index contributed by atoms with van der Waals surface area (Å²) >= 11 is 0. The summed E-state index contributed by atoms with van der Waals surface area (Å²) in [5.41, 5.74) is 1.20. The van der Waals surface area contributed by atoms with Crippen molar-refractivity contribution in [2.45, 2.75) is 6.42 Å². The van der Waals surface area contributed by atoms with E-state index in [1.807, 2.05) is 12.1 Å². The zero-order valence-electron chi connectivity index (χ0n) is 8.84. The molecule has 0 spiro atoms. The number of rotatable bonds is 4.